The molecule has 0 saturated carbocycles. The summed E-state index contributed by atoms with van der Waals surface area (Å²) in [4.78, 5) is 6.31. The van der Waals surface area contributed by atoms with E-state index in [1.54, 1.807) is 10.6 Å². The molecule has 7 heteroatoms. The average molecular weight is 395 g/mol. The van der Waals surface area contributed by atoms with Gasteiger partial charge in [0.15, 0.2) is 11.6 Å². The number of benzene rings is 2. The van der Waals surface area contributed by atoms with Crippen LogP contribution in [0.1, 0.15) is 0 Å². The third kappa shape index (κ3) is 3.27. The lowest BCUT2D eigenvalue weighted by Gasteiger charge is -2.13. The van der Waals surface area contributed by atoms with E-state index in [0.717, 1.165) is 22.8 Å². The number of hydrogen-bond donors (Lipinski definition) is 1. The third-order valence-corrected chi connectivity index (χ3v) is 4.12. The van der Waals surface area contributed by atoms with E-state index in [1.165, 1.54) is 0 Å². The zero-order chi connectivity index (χ0) is 17.3. The first-order valence-electron chi connectivity index (χ1n) is 7.48. The van der Waals surface area contributed by atoms with Gasteiger partial charge in [-0.05, 0) is 44.4 Å². The van der Waals surface area contributed by atoms with E-state index in [4.69, 9.17) is 0 Å². The normalized spacial score (nSPS) is 11.4. The van der Waals surface area contributed by atoms with Gasteiger partial charge in [0.1, 0.15) is 5.52 Å². The van der Waals surface area contributed by atoms with Crippen LogP contribution in [0.5, 0.6) is 0 Å². The number of fused-ring (bicyclic) bond motifs is 1. The number of aromatic nitrogens is 2. The van der Waals surface area contributed by atoms with Crippen molar-refractivity contribution in [2.75, 3.05) is 32.5 Å². The lowest BCUT2D eigenvalue weighted by Crippen LogP contribution is -2.22. The second-order valence-electron chi connectivity index (χ2n) is 5.71. The molecule has 0 aliphatic heterocycles. The van der Waals surface area contributed by atoms with Gasteiger partial charge in [-0.3, -0.25) is 4.57 Å². The topological polar surface area (TPSA) is 33.1 Å². The first-order valence-corrected chi connectivity index (χ1v) is 8.27. The highest BCUT2D eigenvalue weighted by Gasteiger charge is 2.18. The fourth-order valence-electron chi connectivity index (χ4n) is 2.47. The van der Waals surface area contributed by atoms with Crippen LogP contribution in [0.15, 0.2) is 40.9 Å². The van der Waals surface area contributed by atoms with Gasteiger partial charge < -0.3 is 10.2 Å². The number of anilines is 1. The number of nitrogens with zero attached hydrogens (tertiary/aromatic N) is 3. The summed E-state index contributed by atoms with van der Waals surface area (Å²) >= 11 is 3.44. The molecule has 0 unspecified atom stereocenters. The highest BCUT2D eigenvalue weighted by Crippen LogP contribution is 2.28. The van der Waals surface area contributed by atoms with Crippen LogP contribution in [0.4, 0.5) is 14.7 Å². The van der Waals surface area contributed by atoms with Crippen LogP contribution in [0.25, 0.3) is 16.7 Å². The van der Waals surface area contributed by atoms with Crippen molar-refractivity contribution in [1.29, 1.82) is 0 Å². The summed E-state index contributed by atoms with van der Waals surface area (Å²) in [6, 6.07) is 10.2. The zero-order valence-electron chi connectivity index (χ0n) is 13.4. The molecule has 3 rings (SSSR count). The summed E-state index contributed by atoms with van der Waals surface area (Å²) in [5.41, 5.74) is 1.34. The maximum Gasteiger partial charge on any atom is 0.208 e. The number of nitrogens with one attached hydrogen (secondary N) is 1. The van der Waals surface area contributed by atoms with Gasteiger partial charge in [0.05, 0.1) is 11.2 Å². The number of halogens is 3. The SMILES string of the molecule is CN(C)CCNc1nc2c(F)c(F)ccc2n1-c1cccc(Br)c1. The lowest BCUT2D eigenvalue weighted by atomic mass is 10.2. The molecule has 1 N–H and O–H groups in total. The van der Waals surface area contributed by atoms with Gasteiger partial charge >= 0.3 is 0 Å². The summed E-state index contributed by atoms with van der Waals surface area (Å²) in [7, 11) is 3.93. The van der Waals surface area contributed by atoms with Gasteiger partial charge in [-0.15, -0.1) is 0 Å². The minimum absolute atomic E-state index is 0.0160. The molecule has 0 amide bonds. The molecular weight excluding hydrogens is 378 g/mol. The Morgan fingerprint density at radius 1 is 1.21 bits per heavy atom. The molecule has 1 aromatic heterocycles. The molecule has 0 bridgehead atoms. The van der Waals surface area contributed by atoms with E-state index >= 15 is 0 Å². The molecule has 126 valence electrons. The summed E-state index contributed by atoms with van der Waals surface area (Å²) in [6.45, 7) is 1.42. The van der Waals surface area contributed by atoms with Crippen molar-refractivity contribution in [3.8, 4) is 5.69 Å². The third-order valence-electron chi connectivity index (χ3n) is 3.63. The molecule has 0 fully saturated rings. The predicted octanol–water partition coefficient (Wildman–Crippen LogP) is 4.04. The van der Waals surface area contributed by atoms with E-state index in [-0.39, 0.29) is 5.52 Å². The maximum absolute atomic E-state index is 14.1. The Kier molecular flexibility index (Phi) is 4.82. The second kappa shape index (κ2) is 6.86. The first-order chi connectivity index (χ1) is 11.5. The summed E-state index contributed by atoms with van der Waals surface area (Å²) in [5, 5.41) is 3.20. The molecule has 0 aliphatic rings. The molecule has 4 nitrogen and oxygen atoms in total. The molecule has 1 heterocycles. The molecule has 3 aromatic rings. The van der Waals surface area contributed by atoms with Gasteiger partial charge in [0, 0.05) is 17.6 Å². The van der Waals surface area contributed by atoms with Crippen LogP contribution in [0.3, 0.4) is 0 Å². The zero-order valence-corrected chi connectivity index (χ0v) is 14.9. The Labute approximate surface area is 147 Å². The van der Waals surface area contributed by atoms with E-state index in [0.29, 0.717) is 18.0 Å². The number of hydrogen-bond acceptors (Lipinski definition) is 3. The van der Waals surface area contributed by atoms with Crippen molar-refractivity contribution in [3.63, 3.8) is 0 Å². The second-order valence-corrected chi connectivity index (χ2v) is 6.63. The molecule has 2 aromatic carbocycles. The van der Waals surface area contributed by atoms with Crippen LogP contribution < -0.4 is 5.32 Å². The van der Waals surface area contributed by atoms with Crippen molar-refractivity contribution in [2.24, 2.45) is 0 Å². The van der Waals surface area contributed by atoms with Gasteiger partial charge in [-0.1, -0.05) is 22.0 Å². The van der Waals surface area contributed by atoms with E-state index < -0.39 is 11.6 Å². The van der Waals surface area contributed by atoms with Crippen LogP contribution in [-0.2, 0) is 0 Å². The van der Waals surface area contributed by atoms with Crippen LogP contribution in [-0.4, -0.2) is 41.6 Å². The van der Waals surface area contributed by atoms with E-state index in [2.05, 4.69) is 26.2 Å². The summed E-state index contributed by atoms with van der Waals surface area (Å²) in [5.74, 6) is -1.35. The van der Waals surface area contributed by atoms with Gasteiger partial charge in [-0.2, -0.15) is 0 Å². The van der Waals surface area contributed by atoms with E-state index in [1.807, 2.05) is 43.3 Å². The Balaban J connectivity index is 2.14. The molecular formula is C17H17BrF2N4. The van der Waals surface area contributed by atoms with Crippen molar-refractivity contribution in [3.05, 3.63) is 52.5 Å². The van der Waals surface area contributed by atoms with Crippen LogP contribution in [0, 0.1) is 11.6 Å². The van der Waals surface area contributed by atoms with Gasteiger partial charge in [-0.25, -0.2) is 13.8 Å². The number of rotatable bonds is 5. The van der Waals surface area contributed by atoms with Crippen molar-refractivity contribution >= 4 is 32.9 Å². The molecule has 0 atom stereocenters. The van der Waals surface area contributed by atoms with E-state index in [9.17, 15) is 8.78 Å². The van der Waals surface area contributed by atoms with Gasteiger partial charge in [0.25, 0.3) is 0 Å². The predicted molar refractivity (Wildman–Crippen MR) is 95.7 cm³/mol. The van der Waals surface area contributed by atoms with Crippen molar-refractivity contribution in [2.45, 2.75) is 0 Å². The lowest BCUT2D eigenvalue weighted by molar-refractivity contribution is 0.425. The molecule has 0 saturated heterocycles. The fraction of sp³-hybridized carbons (Fsp3) is 0.235. The van der Waals surface area contributed by atoms with Gasteiger partial charge in [0.2, 0.25) is 5.95 Å². The van der Waals surface area contributed by atoms with Crippen LogP contribution >= 0.6 is 15.9 Å². The highest BCUT2D eigenvalue weighted by atomic mass is 79.9. The van der Waals surface area contributed by atoms with Crippen molar-refractivity contribution in [1.82, 2.24) is 14.5 Å². The minimum Gasteiger partial charge on any atom is -0.354 e. The molecule has 0 radical (unpaired) electrons. The number of likely N-dealkylation sites (N-methyl/N-ethyl adjacent to an activating group) is 1. The maximum atomic E-state index is 14.1. The van der Waals surface area contributed by atoms with Crippen LogP contribution in [0.2, 0.25) is 0 Å². The monoisotopic (exact) mass is 394 g/mol. The fourth-order valence-corrected chi connectivity index (χ4v) is 2.86. The Bertz CT molecular complexity index is 876. The molecule has 0 aliphatic carbocycles. The standard InChI is InChI=1S/C17H17BrF2N4/c1-23(2)9-8-21-17-22-16-14(7-6-13(19)15(16)20)24(17)12-5-3-4-11(18)10-12/h3-7,10H,8-9H2,1-2H3,(H,21,22). The summed E-state index contributed by atoms with van der Waals surface area (Å²) < 4.78 is 30.4. The smallest absolute Gasteiger partial charge is 0.208 e. The van der Waals surface area contributed by atoms with Crippen molar-refractivity contribution < 1.29 is 8.78 Å². The quantitative estimate of drug-likeness (QED) is 0.708. The molecule has 0 spiro atoms. The minimum atomic E-state index is -0.933. The highest BCUT2D eigenvalue weighted by molar-refractivity contribution is 9.10. The number of imidazole rings is 1. The Morgan fingerprint density at radius 2 is 2.00 bits per heavy atom. The average Bonchev–Trinajstić information content (AvgIpc) is 2.90. The Morgan fingerprint density at radius 3 is 2.71 bits per heavy atom. The summed E-state index contributed by atoms with van der Waals surface area (Å²) in [6.07, 6.45) is 0. The largest absolute Gasteiger partial charge is 0.354 e. The Hall–Kier alpha value is -1.99. The first kappa shape index (κ1) is 16.9. The molecule has 24 heavy (non-hydrogen) atoms.